The molecule has 5 heterocycles. The number of cyclic esters (lactones) is 1. The fourth-order valence-corrected chi connectivity index (χ4v) is 10.7. The van der Waals surface area contributed by atoms with E-state index >= 15 is 4.39 Å². The summed E-state index contributed by atoms with van der Waals surface area (Å²) in [7, 11) is 0. The second-order valence-corrected chi connectivity index (χ2v) is 20.6. The van der Waals surface area contributed by atoms with Crippen LogP contribution in [0.4, 0.5) is 4.39 Å². The molecule has 2 aromatic heterocycles. The number of carbonyl (C=O) groups is 9. The van der Waals surface area contributed by atoms with Gasteiger partial charge in [-0.25, -0.2) is 14.2 Å². The molecule has 8 amide bonds. The van der Waals surface area contributed by atoms with E-state index in [1.807, 2.05) is 0 Å². The number of pyridine rings is 2. The van der Waals surface area contributed by atoms with Gasteiger partial charge in [-0.3, -0.25) is 48.1 Å². The Morgan fingerprint density at radius 3 is 2.29 bits per heavy atom. The average molecular weight is 1080 g/mol. The summed E-state index contributed by atoms with van der Waals surface area (Å²) in [5.41, 5.74) is 1.28. The number of halogens is 1. The number of unbranched alkanes of at least 4 members (excludes halogenated alkanes) is 2. The van der Waals surface area contributed by atoms with E-state index in [0.29, 0.717) is 96.0 Å². The molecule has 412 valence electrons. The molecule has 0 unspecified atom stereocenters. The van der Waals surface area contributed by atoms with Crippen LogP contribution in [0.15, 0.2) is 47.3 Å². The molecule has 5 aliphatic rings. The number of imide groups is 1. The number of hydrogen-bond acceptors (Lipinski definition) is 14. The van der Waals surface area contributed by atoms with Crippen molar-refractivity contribution in [1.29, 1.82) is 0 Å². The lowest BCUT2D eigenvalue weighted by molar-refractivity contribution is -0.172. The Labute approximate surface area is 446 Å². The van der Waals surface area contributed by atoms with E-state index < -0.39 is 77.2 Å². The highest BCUT2D eigenvalue weighted by atomic mass is 19.1. The number of fused-ring (bicyclic) bond motifs is 5. The second kappa shape index (κ2) is 23.0. The first-order valence-corrected chi connectivity index (χ1v) is 26.4. The van der Waals surface area contributed by atoms with Gasteiger partial charge in [0.25, 0.3) is 5.56 Å². The van der Waals surface area contributed by atoms with Crippen molar-refractivity contribution in [1.82, 2.24) is 46.4 Å². The van der Waals surface area contributed by atoms with Crippen LogP contribution < -0.4 is 37.5 Å². The topological polar surface area (TPSA) is 303 Å². The lowest BCUT2D eigenvalue weighted by Crippen LogP contribution is -2.52. The van der Waals surface area contributed by atoms with Gasteiger partial charge in [-0.1, -0.05) is 43.7 Å². The van der Waals surface area contributed by atoms with Crippen LogP contribution in [0.2, 0.25) is 0 Å². The Hall–Kier alpha value is -7.92. The Morgan fingerprint density at radius 1 is 0.859 bits per heavy atom. The van der Waals surface area contributed by atoms with E-state index in [-0.39, 0.29) is 99.9 Å². The number of nitrogens with one attached hydrogen (secondary N) is 6. The smallest absolute Gasteiger partial charge is 0.343 e. The molecule has 22 nitrogen and oxygen atoms in total. The van der Waals surface area contributed by atoms with E-state index in [1.165, 1.54) is 15.5 Å². The summed E-state index contributed by atoms with van der Waals surface area (Å²) in [5, 5.41) is 27.9. The van der Waals surface area contributed by atoms with E-state index in [0.717, 1.165) is 5.56 Å². The van der Waals surface area contributed by atoms with E-state index in [2.05, 4.69) is 31.9 Å². The minimum Gasteiger partial charge on any atom is -0.458 e. The average Bonchev–Trinajstić information content (AvgIpc) is 4.25. The van der Waals surface area contributed by atoms with Gasteiger partial charge < -0.3 is 51.0 Å². The Bertz CT molecular complexity index is 3180. The van der Waals surface area contributed by atoms with Crippen LogP contribution in [0.5, 0.6) is 0 Å². The van der Waals surface area contributed by atoms with Gasteiger partial charge in [-0.2, -0.15) is 0 Å². The fraction of sp³-hybridized carbons (Fsp3) is 0.473. The van der Waals surface area contributed by atoms with Crippen molar-refractivity contribution in [3.05, 3.63) is 97.6 Å². The number of aliphatic hydroxyl groups is 1. The minimum atomic E-state index is -2.04. The van der Waals surface area contributed by atoms with Crippen molar-refractivity contribution in [3.63, 3.8) is 0 Å². The minimum absolute atomic E-state index is 0.0387. The highest BCUT2D eigenvalue weighted by Crippen LogP contribution is 2.49. The highest BCUT2D eigenvalue weighted by Gasteiger charge is 2.51. The molecule has 3 atom stereocenters. The number of benzene rings is 2. The summed E-state index contributed by atoms with van der Waals surface area (Å²) < 4.78 is 28.0. The maximum Gasteiger partial charge on any atom is 0.343 e. The van der Waals surface area contributed by atoms with Crippen molar-refractivity contribution in [2.45, 2.75) is 122 Å². The van der Waals surface area contributed by atoms with E-state index in [9.17, 15) is 53.1 Å². The van der Waals surface area contributed by atoms with E-state index in [4.69, 9.17) is 14.5 Å². The molecule has 2 fully saturated rings. The summed E-state index contributed by atoms with van der Waals surface area (Å²) in [6, 6.07) is 10.1. The summed E-state index contributed by atoms with van der Waals surface area (Å²) in [6.45, 7) is 1.69. The molecule has 2 aliphatic carbocycles. The van der Waals surface area contributed by atoms with Crippen LogP contribution in [-0.4, -0.2) is 118 Å². The molecular weight excluding hydrogens is 1010 g/mol. The first-order valence-electron chi connectivity index (χ1n) is 26.4. The van der Waals surface area contributed by atoms with Crippen molar-refractivity contribution in [2.24, 2.45) is 5.41 Å². The van der Waals surface area contributed by atoms with Crippen LogP contribution in [0.1, 0.15) is 116 Å². The highest BCUT2D eigenvalue weighted by molar-refractivity contribution is 6.02. The third-order valence-electron chi connectivity index (χ3n) is 15.5. The molecule has 1 saturated carbocycles. The normalized spacial score (nSPS) is 18.7. The van der Waals surface area contributed by atoms with Crippen LogP contribution in [-0.2, 0) is 84.2 Å². The zero-order valence-electron chi connectivity index (χ0n) is 43.4. The Kier molecular flexibility index (Phi) is 16.1. The molecule has 2 aromatic carbocycles. The van der Waals surface area contributed by atoms with Crippen LogP contribution in [0.25, 0.3) is 22.3 Å². The van der Waals surface area contributed by atoms with Gasteiger partial charge >= 0.3 is 5.97 Å². The predicted molar refractivity (Wildman–Crippen MR) is 275 cm³/mol. The number of likely N-dealkylation sites (tertiary alicyclic amines) is 1. The number of rotatable bonds is 23. The van der Waals surface area contributed by atoms with Gasteiger partial charge in [0.15, 0.2) is 5.60 Å². The third-order valence-corrected chi connectivity index (χ3v) is 15.5. The summed E-state index contributed by atoms with van der Waals surface area (Å²) in [6.07, 6.45) is 4.10. The number of nitrogens with zero attached hydrogens (tertiary/aromatic N) is 3. The van der Waals surface area contributed by atoms with Gasteiger partial charge in [0.1, 0.15) is 25.2 Å². The van der Waals surface area contributed by atoms with Gasteiger partial charge in [-0.05, 0) is 80.2 Å². The standard InChI is InChI=1S/C55H62FN9O13/c1-3-55(76)35-21-40-49-33(26-65(40)51(73)34(35)27-78-53(55)75)48-37(14-13-32-30(2)36(56)22-38(62-49)47(32)48)63-52(74)54(17-18-54)28-77-29-60-43(68)24-59-50(72)39(20-31-10-6-4-7-11-31)61-44(69)25-58-42(67)23-57-41(66)12-8-5-9-19-64-45(70)15-16-46(64)71/h4,6-7,10-11,21-22,37,39,76H,3,5,8-9,12-20,23-29H2,1-2H3,(H,57,66)(H,58,67)(H,59,72)(H,60,68)(H,61,69)(H,63,74)/t37-,39-,55-/m0/s1. The number of esters is 1. The SMILES string of the molecule is CC[C@@]1(O)C(=O)OCc2c1cc1n(c2=O)Cc2c-1nc1cc(F)c(C)c3c1c2[C@@H](NC(=O)C1(COCNC(=O)CNC(=O)[C@H](Cc2ccccc2)NC(=O)CNC(=O)CNC(=O)CCCCCN2C(=O)CCC2=O)CC1)CC3. The van der Waals surface area contributed by atoms with Gasteiger partial charge in [0.05, 0.1) is 66.7 Å². The lowest BCUT2D eigenvalue weighted by Gasteiger charge is -2.31. The largest absolute Gasteiger partial charge is 0.458 e. The fourth-order valence-electron chi connectivity index (χ4n) is 10.7. The third kappa shape index (κ3) is 11.4. The lowest BCUT2D eigenvalue weighted by atomic mass is 9.81. The number of carbonyl (C=O) groups excluding carboxylic acids is 9. The Morgan fingerprint density at radius 2 is 1.56 bits per heavy atom. The first kappa shape index (κ1) is 54.9. The summed E-state index contributed by atoms with van der Waals surface area (Å²) >= 11 is 0. The number of ether oxygens (including phenoxy) is 2. The first-order chi connectivity index (χ1) is 37.4. The van der Waals surface area contributed by atoms with Gasteiger partial charge in [0.2, 0.25) is 47.3 Å². The van der Waals surface area contributed by atoms with Crippen LogP contribution in [0.3, 0.4) is 0 Å². The monoisotopic (exact) mass is 1080 g/mol. The molecule has 4 aromatic rings. The number of hydrogen-bond donors (Lipinski definition) is 7. The molecule has 23 heteroatoms. The van der Waals surface area contributed by atoms with Crippen molar-refractivity contribution in [3.8, 4) is 11.4 Å². The molecule has 3 aliphatic heterocycles. The molecule has 1 saturated heterocycles. The number of aromatic nitrogens is 2. The number of amides is 8. The Balaban J connectivity index is 0.751. The molecule has 9 rings (SSSR count). The zero-order chi connectivity index (χ0) is 55.5. The maximum atomic E-state index is 15.5. The van der Waals surface area contributed by atoms with Crippen molar-refractivity contribution in [2.75, 3.05) is 39.5 Å². The molecule has 0 spiro atoms. The molecule has 0 radical (unpaired) electrons. The van der Waals surface area contributed by atoms with Crippen LogP contribution >= 0.6 is 0 Å². The van der Waals surface area contributed by atoms with E-state index in [1.54, 1.807) is 50.2 Å². The van der Waals surface area contributed by atoms with Gasteiger partial charge in [-0.15, -0.1) is 0 Å². The summed E-state index contributed by atoms with van der Waals surface area (Å²) in [4.78, 5) is 135. The zero-order valence-corrected chi connectivity index (χ0v) is 43.4. The maximum absolute atomic E-state index is 15.5. The quantitative estimate of drug-likeness (QED) is 0.0210. The second-order valence-electron chi connectivity index (χ2n) is 20.6. The van der Waals surface area contributed by atoms with Crippen molar-refractivity contribution >= 4 is 64.1 Å². The van der Waals surface area contributed by atoms with Gasteiger partial charge in [0, 0.05) is 54.8 Å². The molecule has 78 heavy (non-hydrogen) atoms. The molecule has 0 bridgehead atoms. The van der Waals surface area contributed by atoms with Crippen molar-refractivity contribution < 1.29 is 62.1 Å². The summed E-state index contributed by atoms with van der Waals surface area (Å²) in [5.74, 6) is -4.98. The van der Waals surface area contributed by atoms with Crippen LogP contribution in [0, 0.1) is 18.2 Å². The molecule has 7 N–H and O–H groups in total. The predicted octanol–water partition coefficient (Wildman–Crippen LogP) is 1.29. The molecular formula is C55H62FN9O13. The number of aryl methyl sites for hydroxylation is 1.